The van der Waals surface area contributed by atoms with E-state index in [4.69, 9.17) is 11.6 Å². The van der Waals surface area contributed by atoms with Crippen molar-refractivity contribution in [3.8, 4) is 0 Å². The van der Waals surface area contributed by atoms with Gasteiger partial charge in [-0.15, -0.1) is 11.3 Å². The second kappa shape index (κ2) is 6.91. The van der Waals surface area contributed by atoms with Crippen LogP contribution in [0.25, 0.3) is 0 Å². The molecule has 0 radical (unpaired) electrons. The second-order valence-electron chi connectivity index (χ2n) is 5.62. The maximum atomic E-state index is 13.9. The first kappa shape index (κ1) is 16.9. The Hall–Kier alpha value is -1.92. The predicted octanol–water partition coefficient (Wildman–Crippen LogP) is 4.76. The van der Waals surface area contributed by atoms with Crippen molar-refractivity contribution in [2.45, 2.75) is 32.1 Å². The molecule has 126 valence electrons. The second-order valence-corrected chi connectivity index (χ2v) is 7.14. The minimum absolute atomic E-state index is 0.0116. The number of amides is 1. The van der Waals surface area contributed by atoms with E-state index in [2.05, 4.69) is 5.32 Å². The number of carbonyl (C=O) groups is 2. The van der Waals surface area contributed by atoms with Gasteiger partial charge in [0.15, 0.2) is 0 Å². The molecule has 0 atom stereocenters. The lowest BCUT2D eigenvalue weighted by Crippen LogP contribution is -2.16. The summed E-state index contributed by atoms with van der Waals surface area (Å²) in [6.07, 6.45) is 4.48. The van der Waals surface area contributed by atoms with Crippen LogP contribution in [-0.4, -0.2) is 17.0 Å². The smallest absolute Gasteiger partial charge is 0.339 e. The van der Waals surface area contributed by atoms with Crippen LogP contribution in [0.1, 0.15) is 50.4 Å². The SMILES string of the molecule is O=C(Nc1sc2c(c1C(=O)O)CCCCC2)c1c(F)cccc1Cl. The Morgan fingerprint density at radius 3 is 2.62 bits per heavy atom. The summed E-state index contributed by atoms with van der Waals surface area (Å²) in [6.45, 7) is 0. The quantitative estimate of drug-likeness (QED) is 0.768. The summed E-state index contributed by atoms with van der Waals surface area (Å²) in [5.41, 5.74) is 0.636. The van der Waals surface area contributed by atoms with E-state index in [1.54, 1.807) is 0 Å². The molecule has 1 aliphatic carbocycles. The number of benzene rings is 1. The van der Waals surface area contributed by atoms with E-state index in [1.165, 1.54) is 23.5 Å². The maximum absolute atomic E-state index is 13.9. The van der Waals surface area contributed by atoms with Gasteiger partial charge in [-0.1, -0.05) is 24.1 Å². The van der Waals surface area contributed by atoms with E-state index >= 15 is 0 Å². The number of thiophene rings is 1. The van der Waals surface area contributed by atoms with Crippen LogP contribution in [0.15, 0.2) is 18.2 Å². The zero-order valence-corrected chi connectivity index (χ0v) is 14.3. The molecule has 24 heavy (non-hydrogen) atoms. The van der Waals surface area contributed by atoms with E-state index < -0.39 is 17.7 Å². The van der Waals surface area contributed by atoms with Gasteiger partial charge >= 0.3 is 5.97 Å². The van der Waals surface area contributed by atoms with Crippen molar-refractivity contribution in [1.29, 1.82) is 0 Å². The topological polar surface area (TPSA) is 66.4 Å². The Labute approximate surface area is 147 Å². The van der Waals surface area contributed by atoms with Crippen molar-refractivity contribution in [3.05, 3.63) is 50.6 Å². The molecule has 1 amide bonds. The molecule has 0 spiro atoms. The van der Waals surface area contributed by atoms with Crippen molar-refractivity contribution >= 4 is 39.8 Å². The average Bonchev–Trinajstić information content (AvgIpc) is 2.69. The van der Waals surface area contributed by atoms with Gasteiger partial charge in [0.05, 0.1) is 16.1 Å². The first-order valence-corrected chi connectivity index (χ1v) is 8.81. The lowest BCUT2D eigenvalue weighted by Gasteiger charge is -2.08. The molecule has 0 aliphatic heterocycles. The summed E-state index contributed by atoms with van der Waals surface area (Å²) < 4.78 is 13.9. The fourth-order valence-electron chi connectivity index (χ4n) is 2.94. The van der Waals surface area contributed by atoms with Gasteiger partial charge in [-0.3, -0.25) is 4.79 Å². The number of fused-ring (bicyclic) bond motifs is 1. The number of carboxylic acid groups (broad SMARTS) is 1. The molecule has 1 aromatic heterocycles. The number of halogens is 2. The minimum atomic E-state index is -1.08. The highest BCUT2D eigenvalue weighted by Crippen LogP contribution is 2.38. The predicted molar refractivity (Wildman–Crippen MR) is 91.9 cm³/mol. The van der Waals surface area contributed by atoms with Crippen LogP contribution in [0.2, 0.25) is 5.02 Å². The third-order valence-electron chi connectivity index (χ3n) is 4.05. The standard InChI is InChI=1S/C17H15ClFNO3S/c18-10-6-4-7-11(19)14(10)15(21)20-16-13(17(22)23)9-5-2-1-3-8-12(9)24-16/h4,6-7H,1-3,5,8H2,(H,20,21)(H,22,23). The normalized spacial score (nSPS) is 13.9. The Morgan fingerprint density at radius 1 is 1.17 bits per heavy atom. The summed E-state index contributed by atoms with van der Waals surface area (Å²) >= 11 is 7.16. The molecule has 0 saturated heterocycles. The lowest BCUT2D eigenvalue weighted by atomic mass is 10.1. The molecule has 3 rings (SSSR count). The summed E-state index contributed by atoms with van der Waals surface area (Å²) in [4.78, 5) is 25.0. The molecule has 4 nitrogen and oxygen atoms in total. The molecule has 7 heteroatoms. The zero-order valence-electron chi connectivity index (χ0n) is 12.7. The monoisotopic (exact) mass is 367 g/mol. The minimum Gasteiger partial charge on any atom is -0.478 e. The van der Waals surface area contributed by atoms with Gasteiger partial charge in [-0.2, -0.15) is 0 Å². The Bertz CT molecular complexity index is 798. The molecule has 0 fully saturated rings. The molecule has 1 heterocycles. The maximum Gasteiger partial charge on any atom is 0.339 e. The van der Waals surface area contributed by atoms with Gasteiger partial charge in [0.2, 0.25) is 0 Å². The number of hydrogen-bond acceptors (Lipinski definition) is 3. The molecule has 0 unspecified atom stereocenters. The summed E-state index contributed by atoms with van der Waals surface area (Å²) in [6, 6.07) is 3.97. The van der Waals surface area contributed by atoms with Gasteiger partial charge in [-0.25, -0.2) is 9.18 Å². The van der Waals surface area contributed by atoms with E-state index in [0.717, 1.165) is 42.2 Å². The number of aryl methyl sites for hydroxylation is 1. The van der Waals surface area contributed by atoms with Crippen molar-refractivity contribution in [3.63, 3.8) is 0 Å². The summed E-state index contributed by atoms with van der Waals surface area (Å²) in [7, 11) is 0. The molecule has 0 saturated carbocycles. The van der Waals surface area contributed by atoms with E-state index in [-0.39, 0.29) is 21.2 Å². The molecule has 0 bridgehead atoms. The van der Waals surface area contributed by atoms with Crippen LogP contribution < -0.4 is 5.32 Å². The van der Waals surface area contributed by atoms with Crippen LogP contribution in [0, 0.1) is 5.82 Å². The first-order valence-electron chi connectivity index (χ1n) is 7.62. The highest BCUT2D eigenvalue weighted by molar-refractivity contribution is 7.17. The van der Waals surface area contributed by atoms with E-state index in [1.807, 2.05) is 0 Å². The number of anilines is 1. The number of nitrogens with one attached hydrogen (secondary N) is 1. The molecular formula is C17H15ClFNO3S. The van der Waals surface area contributed by atoms with Gasteiger partial charge in [0.25, 0.3) is 5.91 Å². The fourth-order valence-corrected chi connectivity index (χ4v) is 4.46. The van der Waals surface area contributed by atoms with Crippen molar-refractivity contribution < 1.29 is 19.1 Å². The van der Waals surface area contributed by atoms with Gasteiger partial charge in [-0.05, 0) is 43.4 Å². The van der Waals surface area contributed by atoms with E-state index in [0.29, 0.717) is 6.42 Å². The number of aromatic carboxylic acids is 1. The Kier molecular flexibility index (Phi) is 4.87. The number of carboxylic acids is 1. The first-order chi connectivity index (χ1) is 11.5. The third-order valence-corrected chi connectivity index (χ3v) is 5.57. The van der Waals surface area contributed by atoms with E-state index in [9.17, 15) is 19.1 Å². The van der Waals surface area contributed by atoms with Crippen molar-refractivity contribution in [2.75, 3.05) is 5.32 Å². The van der Waals surface area contributed by atoms with Crippen LogP contribution in [0.4, 0.5) is 9.39 Å². The summed E-state index contributed by atoms with van der Waals surface area (Å²) in [5, 5.41) is 12.3. The average molecular weight is 368 g/mol. The van der Waals surface area contributed by atoms with Gasteiger partial charge < -0.3 is 10.4 Å². The molecule has 1 aromatic carbocycles. The van der Waals surface area contributed by atoms with Crippen molar-refractivity contribution in [1.82, 2.24) is 0 Å². The van der Waals surface area contributed by atoms with Gasteiger partial charge in [0, 0.05) is 4.88 Å². The summed E-state index contributed by atoms with van der Waals surface area (Å²) in [5.74, 6) is -2.56. The fraction of sp³-hybridized carbons (Fsp3) is 0.294. The Morgan fingerprint density at radius 2 is 1.92 bits per heavy atom. The van der Waals surface area contributed by atoms with Crippen LogP contribution in [-0.2, 0) is 12.8 Å². The van der Waals surface area contributed by atoms with Crippen LogP contribution in [0.3, 0.4) is 0 Å². The van der Waals surface area contributed by atoms with Crippen molar-refractivity contribution in [2.24, 2.45) is 0 Å². The number of hydrogen-bond donors (Lipinski definition) is 2. The molecular weight excluding hydrogens is 353 g/mol. The molecule has 2 aromatic rings. The highest BCUT2D eigenvalue weighted by Gasteiger charge is 2.26. The van der Waals surface area contributed by atoms with Crippen LogP contribution >= 0.6 is 22.9 Å². The third kappa shape index (κ3) is 3.16. The molecule has 2 N–H and O–H groups in total. The number of carbonyl (C=O) groups excluding carboxylic acids is 1. The van der Waals surface area contributed by atoms with Crippen LogP contribution in [0.5, 0.6) is 0 Å². The zero-order chi connectivity index (χ0) is 17.3. The highest BCUT2D eigenvalue weighted by atomic mass is 35.5. The van der Waals surface area contributed by atoms with Gasteiger partial charge in [0.1, 0.15) is 10.8 Å². The lowest BCUT2D eigenvalue weighted by molar-refractivity contribution is 0.0697. The largest absolute Gasteiger partial charge is 0.478 e. The number of rotatable bonds is 3. The Balaban J connectivity index is 1.98. The molecule has 1 aliphatic rings.